The third kappa shape index (κ3) is 6.53. The molecule has 0 aliphatic heterocycles. The Labute approximate surface area is 185 Å². The molecule has 1 amide bonds. The zero-order chi connectivity index (χ0) is 22.1. The Bertz CT molecular complexity index is 947. The second-order valence-electron chi connectivity index (χ2n) is 6.51. The Balaban J connectivity index is 2.27. The third-order valence-corrected chi connectivity index (χ3v) is 4.37. The van der Waals surface area contributed by atoms with Crippen molar-refractivity contribution in [2.45, 2.75) is 33.8 Å². The van der Waals surface area contributed by atoms with E-state index in [0.717, 1.165) is 0 Å². The number of benzene rings is 2. The lowest BCUT2D eigenvalue weighted by molar-refractivity contribution is -0.112. The molecular weight excluding hydrogens is 448 g/mol. The molecule has 2 aromatic carbocycles. The molecule has 0 saturated carbocycles. The molecule has 0 spiro atoms. The van der Waals surface area contributed by atoms with Crippen molar-refractivity contribution in [3.05, 3.63) is 52.0 Å². The van der Waals surface area contributed by atoms with Gasteiger partial charge in [0.25, 0.3) is 5.91 Å². The number of hydrogen-bond donors (Lipinski definition) is 1. The number of amides is 1. The molecule has 1 N–H and O–H groups in total. The van der Waals surface area contributed by atoms with Gasteiger partial charge in [0, 0.05) is 5.69 Å². The van der Waals surface area contributed by atoms with Gasteiger partial charge in [0.2, 0.25) is 0 Å². The number of nitrogens with zero attached hydrogens (tertiary/aromatic N) is 1. The molecule has 0 bridgehead atoms. The van der Waals surface area contributed by atoms with Gasteiger partial charge in [-0.15, -0.1) is 0 Å². The highest BCUT2D eigenvalue weighted by molar-refractivity contribution is 9.10. The molecule has 0 heterocycles. The van der Waals surface area contributed by atoms with Gasteiger partial charge in [-0.2, -0.15) is 5.26 Å². The van der Waals surface area contributed by atoms with Crippen LogP contribution in [0.5, 0.6) is 17.2 Å². The largest absolute Gasteiger partial charge is 0.494 e. The van der Waals surface area contributed by atoms with Crippen molar-refractivity contribution in [1.82, 2.24) is 0 Å². The Morgan fingerprint density at radius 3 is 2.40 bits per heavy atom. The van der Waals surface area contributed by atoms with Crippen LogP contribution in [-0.4, -0.2) is 25.2 Å². The molecule has 0 atom stereocenters. The number of halogens is 1. The molecule has 0 fully saturated rings. The predicted octanol–water partition coefficient (Wildman–Crippen LogP) is 5.58. The Hall–Kier alpha value is -2.98. The molecular formula is C23H25BrN2O4. The topological polar surface area (TPSA) is 80.6 Å². The molecule has 2 rings (SSSR count). The lowest BCUT2D eigenvalue weighted by Crippen LogP contribution is -2.13. The summed E-state index contributed by atoms with van der Waals surface area (Å²) < 4.78 is 17.6. The summed E-state index contributed by atoms with van der Waals surface area (Å²) in [6.45, 7) is 8.64. The monoisotopic (exact) mass is 472 g/mol. The lowest BCUT2D eigenvalue weighted by Gasteiger charge is -2.17. The van der Waals surface area contributed by atoms with E-state index >= 15 is 0 Å². The minimum Gasteiger partial charge on any atom is -0.494 e. The highest BCUT2D eigenvalue weighted by Gasteiger charge is 2.15. The van der Waals surface area contributed by atoms with E-state index in [0.29, 0.717) is 46.2 Å². The number of carbonyl (C=O) groups excluding carboxylic acids is 1. The molecule has 0 aliphatic rings. The number of rotatable bonds is 9. The third-order valence-electron chi connectivity index (χ3n) is 3.78. The summed E-state index contributed by atoms with van der Waals surface area (Å²) in [6, 6.07) is 12.4. The summed E-state index contributed by atoms with van der Waals surface area (Å²) in [4.78, 5) is 12.6. The van der Waals surface area contributed by atoms with Crippen LogP contribution in [-0.2, 0) is 4.79 Å². The minimum atomic E-state index is -0.502. The van der Waals surface area contributed by atoms with Crippen LogP contribution in [0.1, 0.15) is 33.3 Å². The first-order valence-electron chi connectivity index (χ1n) is 9.66. The number of nitrogens with one attached hydrogen (secondary N) is 1. The fraction of sp³-hybridized carbons (Fsp3) is 0.304. The zero-order valence-corrected chi connectivity index (χ0v) is 19.1. The first-order chi connectivity index (χ1) is 14.4. The van der Waals surface area contributed by atoms with E-state index in [1.807, 2.05) is 33.8 Å². The van der Waals surface area contributed by atoms with Crippen molar-refractivity contribution in [3.63, 3.8) is 0 Å². The van der Waals surface area contributed by atoms with Gasteiger partial charge in [-0.05, 0) is 91.7 Å². The molecule has 0 aliphatic carbocycles. The summed E-state index contributed by atoms with van der Waals surface area (Å²) in [5.41, 5.74) is 1.18. The maximum absolute atomic E-state index is 12.6. The van der Waals surface area contributed by atoms with E-state index in [-0.39, 0.29) is 11.7 Å². The molecule has 7 heteroatoms. The normalized spacial score (nSPS) is 11.0. The zero-order valence-electron chi connectivity index (χ0n) is 17.5. The number of ether oxygens (including phenoxy) is 3. The summed E-state index contributed by atoms with van der Waals surface area (Å²) >= 11 is 3.49. The maximum Gasteiger partial charge on any atom is 0.266 e. The Kier molecular flexibility index (Phi) is 8.75. The smallest absolute Gasteiger partial charge is 0.266 e. The van der Waals surface area contributed by atoms with Gasteiger partial charge >= 0.3 is 0 Å². The molecule has 30 heavy (non-hydrogen) atoms. The van der Waals surface area contributed by atoms with Gasteiger partial charge in [0.15, 0.2) is 11.5 Å². The number of carbonyl (C=O) groups is 1. The van der Waals surface area contributed by atoms with Crippen LogP contribution in [0.3, 0.4) is 0 Å². The fourth-order valence-electron chi connectivity index (χ4n) is 2.60. The van der Waals surface area contributed by atoms with E-state index in [2.05, 4.69) is 21.2 Å². The van der Waals surface area contributed by atoms with E-state index in [4.69, 9.17) is 14.2 Å². The standard InChI is InChI=1S/C23H25BrN2O4/c1-5-28-19-9-7-18(8-10-19)26-23(27)17(14-25)11-16-12-20(24)22(30-15(3)4)21(13-16)29-6-2/h7-13,15H,5-6H2,1-4H3,(H,26,27)/b17-11+. The SMILES string of the molecule is CCOc1ccc(NC(=O)/C(C#N)=C/c2cc(Br)c(OC(C)C)c(OCC)c2)cc1. The molecule has 2 aromatic rings. The van der Waals surface area contributed by atoms with Crippen molar-refractivity contribution in [2.75, 3.05) is 18.5 Å². The highest BCUT2D eigenvalue weighted by atomic mass is 79.9. The van der Waals surface area contributed by atoms with E-state index in [1.54, 1.807) is 36.4 Å². The van der Waals surface area contributed by atoms with Crippen molar-refractivity contribution >= 4 is 33.6 Å². The Morgan fingerprint density at radius 2 is 1.83 bits per heavy atom. The average Bonchev–Trinajstić information content (AvgIpc) is 2.70. The van der Waals surface area contributed by atoms with Gasteiger partial charge in [-0.25, -0.2) is 0 Å². The number of hydrogen-bond acceptors (Lipinski definition) is 5. The first kappa shape index (κ1) is 23.3. The van der Waals surface area contributed by atoms with Crippen molar-refractivity contribution in [1.29, 1.82) is 5.26 Å². The van der Waals surface area contributed by atoms with Crippen LogP contribution in [0.25, 0.3) is 6.08 Å². The molecule has 6 nitrogen and oxygen atoms in total. The fourth-order valence-corrected chi connectivity index (χ4v) is 3.15. The number of nitriles is 1. The summed E-state index contributed by atoms with van der Waals surface area (Å²) in [5.74, 6) is 1.33. The summed E-state index contributed by atoms with van der Waals surface area (Å²) in [6.07, 6.45) is 1.48. The van der Waals surface area contributed by atoms with Crippen molar-refractivity contribution in [3.8, 4) is 23.3 Å². The van der Waals surface area contributed by atoms with Crippen LogP contribution in [0, 0.1) is 11.3 Å². The van der Waals surface area contributed by atoms with Gasteiger partial charge in [0.05, 0.1) is 23.8 Å². The van der Waals surface area contributed by atoms with Crippen molar-refractivity contribution < 1.29 is 19.0 Å². The van der Waals surface area contributed by atoms with Gasteiger partial charge in [-0.3, -0.25) is 4.79 Å². The average molecular weight is 473 g/mol. The number of anilines is 1. The van der Waals surface area contributed by atoms with Crippen LogP contribution < -0.4 is 19.5 Å². The van der Waals surface area contributed by atoms with Crippen LogP contribution in [0.2, 0.25) is 0 Å². The molecule has 0 unspecified atom stereocenters. The molecule has 0 aromatic heterocycles. The van der Waals surface area contributed by atoms with Gasteiger partial charge in [-0.1, -0.05) is 0 Å². The van der Waals surface area contributed by atoms with Gasteiger partial charge in [0.1, 0.15) is 17.4 Å². The van der Waals surface area contributed by atoms with Gasteiger partial charge < -0.3 is 19.5 Å². The summed E-state index contributed by atoms with van der Waals surface area (Å²) in [7, 11) is 0. The first-order valence-corrected chi connectivity index (χ1v) is 10.5. The quantitative estimate of drug-likeness (QED) is 0.380. The minimum absolute atomic E-state index is 0.0311. The van der Waals surface area contributed by atoms with E-state index in [9.17, 15) is 10.1 Å². The Morgan fingerprint density at radius 1 is 1.17 bits per heavy atom. The molecule has 0 saturated heterocycles. The highest BCUT2D eigenvalue weighted by Crippen LogP contribution is 2.38. The van der Waals surface area contributed by atoms with Crippen LogP contribution >= 0.6 is 15.9 Å². The maximum atomic E-state index is 12.6. The van der Waals surface area contributed by atoms with Crippen LogP contribution in [0.4, 0.5) is 5.69 Å². The molecule has 0 radical (unpaired) electrons. The van der Waals surface area contributed by atoms with E-state index in [1.165, 1.54) is 6.08 Å². The second-order valence-corrected chi connectivity index (χ2v) is 7.37. The van der Waals surface area contributed by atoms with Crippen molar-refractivity contribution in [2.24, 2.45) is 0 Å². The van der Waals surface area contributed by atoms with E-state index < -0.39 is 5.91 Å². The lowest BCUT2D eigenvalue weighted by atomic mass is 10.1. The summed E-state index contributed by atoms with van der Waals surface area (Å²) in [5, 5.41) is 12.2. The van der Waals surface area contributed by atoms with Crippen LogP contribution in [0.15, 0.2) is 46.4 Å². The second kappa shape index (κ2) is 11.3. The molecule has 158 valence electrons. The predicted molar refractivity (Wildman–Crippen MR) is 121 cm³/mol.